The van der Waals surface area contributed by atoms with Crippen molar-refractivity contribution >= 4 is 23.7 Å². The molecule has 4 nitrogen and oxygen atoms in total. The lowest BCUT2D eigenvalue weighted by molar-refractivity contribution is 0.969. The van der Waals surface area contributed by atoms with Crippen LogP contribution in [0.25, 0.3) is 0 Å². The largest absolute Gasteiger partial charge is 0.361 e. The quantitative estimate of drug-likeness (QED) is 0.160. The number of hydrazine groups is 1. The van der Waals surface area contributed by atoms with Crippen LogP contribution in [-0.2, 0) is 0 Å². The molecule has 0 unspecified atom stereocenters. The van der Waals surface area contributed by atoms with E-state index in [0.717, 1.165) is 6.54 Å². The fourth-order valence-corrected chi connectivity index (χ4v) is 0.490. The van der Waals surface area contributed by atoms with Crippen LogP contribution < -0.4 is 16.6 Å². The third kappa shape index (κ3) is 5.19. The molecule has 0 saturated heterocycles. The highest BCUT2D eigenvalue weighted by Crippen LogP contribution is 1.69. The molecule has 0 aromatic heterocycles. The van der Waals surface area contributed by atoms with Gasteiger partial charge >= 0.3 is 0 Å². The molecule has 0 rings (SSSR count). The summed E-state index contributed by atoms with van der Waals surface area (Å²) in [6, 6.07) is 0. The Kier molecular flexibility index (Phi) is 5.04. The SMILES string of the molecule is CCNC(=S)N=CNN. The summed E-state index contributed by atoms with van der Waals surface area (Å²) in [5.41, 5.74) is 2.24. The van der Waals surface area contributed by atoms with E-state index in [1.807, 2.05) is 6.92 Å². The van der Waals surface area contributed by atoms with Crippen molar-refractivity contribution in [2.45, 2.75) is 6.92 Å². The number of nitrogens with two attached hydrogens (primary N) is 1. The van der Waals surface area contributed by atoms with Crippen molar-refractivity contribution in [3.05, 3.63) is 0 Å². The monoisotopic (exact) mass is 146 g/mol. The van der Waals surface area contributed by atoms with Gasteiger partial charge in [0.05, 0.1) is 0 Å². The summed E-state index contributed by atoms with van der Waals surface area (Å²) in [6.45, 7) is 2.72. The zero-order valence-electron chi connectivity index (χ0n) is 5.22. The third-order valence-electron chi connectivity index (χ3n) is 0.584. The number of nitrogens with zero attached hydrogens (tertiary/aromatic N) is 1. The molecule has 0 radical (unpaired) electrons. The zero-order chi connectivity index (χ0) is 7.11. The van der Waals surface area contributed by atoms with E-state index >= 15 is 0 Å². The number of hydrogen-bond donors (Lipinski definition) is 3. The van der Waals surface area contributed by atoms with Crippen molar-refractivity contribution in [2.24, 2.45) is 10.8 Å². The van der Waals surface area contributed by atoms with Gasteiger partial charge in [-0.05, 0) is 19.1 Å². The van der Waals surface area contributed by atoms with E-state index in [-0.39, 0.29) is 0 Å². The van der Waals surface area contributed by atoms with E-state index in [0.29, 0.717) is 5.11 Å². The second-order valence-electron chi connectivity index (χ2n) is 1.26. The molecule has 0 aromatic carbocycles. The Morgan fingerprint density at radius 1 is 1.89 bits per heavy atom. The van der Waals surface area contributed by atoms with Crippen LogP contribution in [0.5, 0.6) is 0 Å². The molecule has 0 bridgehead atoms. The number of nitrogens with one attached hydrogen (secondary N) is 2. The average Bonchev–Trinajstić information content (AvgIpc) is 1.85. The normalized spacial score (nSPS) is 9.56. The van der Waals surface area contributed by atoms with Crippen LogP contribution in [0.1, 0.15) is 6.92 Å². The Morgan fingerprint density at radius 3 is 3.00 bits per heavy atom. The highest BCUT2D eigenvalue weighted by molar-refractivity contribution is 7.80. The zero-order valence-corrected chi connectivity index (χ0v) is 6.03. The fraction of sp³-hybridized carbons (Fsp3) is 0.500. The summed E-state index contributed by atoms with van der Waals surface area (Å²) in [5, 5.41) is 3.26. The summed E-state index contributed by atoms with van der Waals surface area (Å²) in [4.78, 5) is 3.69. The maximum absolute atomic E-state index is 4.89. The molecule has 0 atom stereocenters. The topological polar surface area (TPSA) is 62.4 Å². The van der Waals surface area contributed by atoms with Gasteiger partial charge in [0.1, 0.15) is 6.34 Å². The van der Waals surface area contributed by atoms with Crippen LogP contribution in [0, 0.1) is 0 Å². The second kappa shape index (κ2) is 5.46. The standard InChI is InChI=1S/C4H10N4S/c1-2-6-4(9)7-3-8-5/h3H,2,5H2,1H3,(H2,6,7,8,9). The lowest BCUT2D eigenvalue weighted by Gasteiger charge is -1.95. The maximum Gasteiger partial charge on any atom is 0.194 e. The summed E-state index contributed by atoms with van der Waals surface area (Å²) < 4.78 is 0. The van der Waals surface area contributed by atoms with Gasteiger partial charge in [-0.3, -0.25) is 0 Å². The molecular weight excluding hydrogens is 136 g/mol. The molecule has 9 heavy (non-hydrogen) atoms. The van der Waals surface area contributed by atoms with Crippen molar-refractivity contribution in [2.75, 3.05) is 6.54 Å². The molecule has 0 aromatic rings. The number of rotatable bonds is 2. The molecule has 52 valence electrons. The van der Waals surface area contributed by atoms with Gasteiger partial charge in [-0.15, -0.1) is 0 Å². The van der Waals surface area contributed by atoms with E-state index in [2.05, 4.69) is 15.7 Å². The number of thiocarbonyl (C=S) groups is 1. The Hall–Kier alpha value is -0.680. The molecule has 0 saturated carbocycles. The van der Waals surface area contributed by atoms with Gasteiger partial charge in [-0.25, -0.2) is 10.8 Å². The summed E-state index contributed by atoms with van der Waals surface area (Å²) in [5.74, 6) is 4.89. The lowest BCUT2D eigenvalue weighted by atomic mass is 10.7. The Bertz CT molecular complexity index is 111. The summed E-state index contributed by atoms with van der Waals surface area (Å²) >= 11 is 4.71. The van der Waals surface area contributed by atoms with Gasteiger partial charge in [-0.2, -0.15) is 0 Å². The van der Waals surface area contributed by atoms with Gasteiger partial charge in [0.2, 0.25) is 0 Å². The molecule has 5 heteroatoms. The summed E-state index contributed by atoms with van der Waals surface area (Å²) in [7, 11) is 0. The van der Waals surface area contributed by atoms with Crippen LogP contribution in [0.2, 0.25) is 0 Å². The van der Waals surface area contributed by atoms with Gasteiger partial charge in [0.15, 0.2) is 5.11 Å². The highest BCUT2D eigenvalue weighted by atomic mass is 32.1. The molecule has 0 aliphatic carbocycles. The highest BCUT2D eigenvalue weighted by Gasteiger charge is 1.82. The van der Waals surface area contributed by atoms with Gasteiger partial charge in [0.25, 0.3) is 0 Å². The first-order valence-corrected chi connectivity index (χ1v) is 2.98. The fourth-order valence-electron chi connectivity index (χ4n) is 0.293. The van der Waals surface area contributed by atoms with Crippen molar-refractivity contribution in [1.82, 2.24) is 10.7 Å². The molecule has 0 spiro atoms. The first-order valence-electron chi connectivity index (χ1n) is 2.57. The molecule has 0 amide bonds. The van der Waals surface area contributed by atoms with E-state index in [4.69, 9.17) is 18.1 Å². The molecule has 0 heterocycles. The van der Waals surface area contributed by atoms with Crippen molar-refractivity contribution < 1.29 is 0 Å². The Labute approximate surface area is 59.5 Å². The van der Waals surface area contributed by atoms with Crippen molar-refractivity contribution in [3.63, 3.8) is 0 Å². The lowest BCUT2D eigenvalue weighted by Crippen LogP contribution is -2.23. The van der Waals surface area contributed by atoms with Gasteiger partial charge in [-0.1, -0.05) is 0 Å². The van der Waals surface area contributed by atoms with Crippen LogP contribution in [0.3, 0.4) is 0 Å². The minimum Gasteiger partial charge on any atom is -0.361 e. The Balaban J connectivity index is 3.37. The minimum atomic E-state index is 0.440. The van der Waals surface area contributed by atoms with Gasteiger partial charge < -0.3 is 10.7 Å². The minimum absolute atomic E-state index is 0.440. The predicted octanol–water partition coefficient (Wildman–Crippen LogP) is -0.628. The van der Waals surface area contributed by atoms with Crippen LogP contribution in [0.15, 0.2) is 4.99 Å². The third-order valence-corrected chi connectivity index (χ3v) is 0.834. The number of aliphatic imine (C=N–C) groups is 1. The van der Waals surface area contributed by atoms with Gasteiger partial charge in [0, 0.05) is 6.54 Å². The molecular formula is C4H10N4S. The first kappa shape index (κ1) is 8.32. The molecule has 4 N–H and O–H groups in total. The number of hydrogen-bond acceptors (Lipinski definition) is 2. The van der Waals surface area contributed by atoms with E-state index in [9.17, 15) is 0 Å². The average molecular weight is 146 g/mol. The van der Waals surface area contributed by atoms with E-state index in [1.54, 1.807) is 0 Å². The first-order chi connectivity index (χ1) is 4.31. The maximum atomic E-state index is 4.89. The van der Waals surface area contributed by atoms with E-state index < -0.39 is 0 Å². The molecule has 0 fully saturated rings. The summed E-state index contributed by atoms with van der Waals surface area (Å²) in [6.07, 6.45) is 1.32. The van der Waals surface area contributed by atoms with E-state index in [1.165, 1.54) is 6.34 Å². The second-order valence-corrected chi connectivity index (χ2v) is 1.65. The van der Waals surface area contributed by atoms with Crippen molar-refractivity contribution in [3.8, 4) is 0 Å². The Morgan fingerprint density at radius 2 is 2.56 bits per heavy atom. The molecule has 0 aliphatic heterocycles. The van der Waals surface area contributed by atoms with Crippen LogP contribution in [-0.4, -0.2) is 18.0 Å². The van der Waals surface area contributed by atoms with Crippen LogP contribution in [0.4, 0.5) is 0 Å². The predicted molar refractivity (Wildman–Crippen MR) is 42.1 cm³/mol. The molecule has 0 aliphatic rings. The van der Waals surface area contributed by atoms with Crippen LogP contribution >= 0.6 is 12.2 Å². The smallest absolute Gasteiger partial charge is 0.194 e. The van der Waals surface area contributed by atoms with Crippen molar-refractivity contribution in [1.29, 1.82) is 0 Å².